The van der Waals surface area contributed by atoms with Gasteiger partial charge in [-0.05, 0) is 42.7 Å². The maximum Gasteiger partial charge on any atom is 0.271 e. The van der Waals surface area contributed by atoms with Gasteiger partial charge in [0.05, 0.1) is 25.5 Å². The lowest BCUT2D eigenvalue weighted by Crippen LogP contribution is -2.41. The van der Waals surface area contributed by atoms with Crippen molar-refractivity contribution >= 4 is 17.4 Å². The molecule has 1 aromatic carbocycles. The Hall–Kier alpha value is -3.04. The average Bonchev–Trinajstić information content (AvgIpc) is 3.47. The van der Waals surface area contributed by atoms with E-state index in [1.165, 1.54) is 6.07 Å². The summed E-state index contributed by atoms with van der Waals surface area (Å²) in [5, 5.41) is 7.71. The molecule has 32 heavy (non-hydrogen) atoms. The van der Waals surface area contributed by atoms with Gasteiger partial charge in [0.1, 0.15) is 11.6 Å². The van der Waals surface area contributed by atoms with E-state index in [1.54, 1.807) is 22.8 Å². The number of nitrogens with one attached hydrogen (secondary N) is 1. The molecule has 0 bridgehead atoms. The smallest absolute Gasteiger partial charge is 0.271 e. The lowest BCUT2D eigenvalue weighted by atomic mass is 10.0. The Morgan fingerprint density at radius 3 is 2.91 bits per heavy atom. The first kappa shape index (κ1) is 20.8. The monoisotopic (exact) mass is 438 g/mol. The van der Waals surface area contributed by atoms with Crippen molar-refractivity contribution in [3.63, 3.8) is 0 Å². The van der Waals surface area contributed by atoms with E-state index >= 15 is 0 Å². The van der Waals surface area contributed by atoms with Gasteiger partial charge < -0.3 is 15.0 Å². The SMILES string of the molecule is O=C(NCCN1CCOCC1)c1cnc2ccc(N3CCC[C@@H]3c3cccc(F)c3)nn12. The quantitative estimate of drug-likeness (QED) is 0.637. The lowest BCUT2D eigenvalue weighted by Gasteiger charge is -2.26. The molecule has 1 N–H and O–H groups in total. The van der Waals surface area contributed by atoms with Crippen LogP contribution in [-0.2, 0) is 4.74 Å². The van der Waals surface area contributed by atoms with Crippen molar-refractivity contribution in [2.24, 2.45) is 0 Å². The highest BCUT2D eigenvalue weighted by molar-refractivity contribution is 5.93. The summed E-state index contributed by atoms with van der Waals surface area (Å²) >= 11 is 0. The van der Waals surface area contributed by atoms with Gasteiger partial charge in [0, 0.05) is 32.7 Å². The van der Waals surface area contributed by atoms with Crippen LogP contribution in [0.15, 0.2) is 42.6 Å². The zero-order valence-electron chi connectivity index (χ0n) is 17.9. The molecule has 0 aliphatic carbocycles. The molecule has 2 aliphatic heterocycles. The zero-order valence-corrected chi connectivity index (χ0v) is 17.9. The highest BCUT2D eigenvalue weighted by atomic mass is 19.1. The molecule has 4 heterocycles. The molecule has 8 nitrogen and oxygen atoms in total. The molecule has 1 atom stereocenters. The maximum absolute atomic E-state index is 13.8. The summed E-state index contributed by atoms with van der Waals surface area (Å²) in [6.07, 6.45) is 3.49. The molecule has 168 valence electrons. The van der Waals surface area contributed by atoms with Gasteiger partial charge in [0.2, 0.25) is 0 Å². The molecule has 2 aromatic heterocycles. The second kappa shape index (κ2) is 9.22. The fraction of sp³-hybridized carbons (Fsp3) is 0.435. The van der Waals surface area contributed by atoms with E-state index in [4.69, 9.17) is 9.84 Å². The van der Waals surface area contributed by atoms with Gasteiger partial charge in [-0.15, -0.1) is 5.10 Å². The Bertz CT molecular complexity index is 1100. The van der Waals surface area contributed by atoms with Crippen LogP contribution < -0.4 is 10.2 Å². The maximum atomic E-state index is 13.8. The number of hydrogen-bond acceptors (Lipinski definition) is 6. The van der Waals surface area contributed by atoms with E-state index in [9.17, 15) is 9.18 Å². The number of carbonyl (C=O) groups is 1. The number of amides is 1. The molecule has 0 unspecified atom stereocenters. The number of nitrogens with zero attached hydrogens (tertiary/aromatic N) is 5. The average molecular weight is 439 g/mol. The Morgan fingerprint density at radius 1 is 1.19 bits per heavy atom. The number of hydrogen-bond donors (Lipinski definition) is 1. The van der Waals surface area contributed by atoms with Gasteiger partial charge in [-0.3, -0.25) is 9.69 Å². The van der Waals surface area contributed by atoms with Gasteiger partial charge in [-0.2, -0.15) is 0 Å². The summed E-state index contributed by atoms with van der Waals surface area (Å²) in [6, 6.07) is 10.6. The fourth-order valence-electron chi connectivity index (χ4n) is 4.52. The lowest BCUT2D eigenvalue weighted by molar-refractivity contribution is 0.0383. The number of anilines is 1. The third kappa shape index (κ3) is 4.31. The van der Waals surface area contributed by atoms with Crippen LogP contribution in [0.25, 0.3) is 5.65 Å². The van der Waals surface area contributed by atoms with E-state index in [-0.39, 0.29) is 17.8 Å². The van der Waals surface area contributed by atoms with Gasteiger partial charge in [0.25, 0.3) is 5.91 Å². The van der Waals surface area contributed by atoms with Crippen molar-refractivity contribution < 1.29 is 13.9 Å². The molecule has 2 aliphatic rings. The van der Waals surface area contributed by atoms with Crippen LogP contribution in [0.3, 0.4) is 0 Å². The van der Waals surface area contributed by atoms with E-state index in [1.807, 2.05) is 18.2 Å². The highest BCUT2D eigenvalue weighted by Gasteiger charge is 2.28. The summed E-state index contributed by atoms with van der Waals surface area (Å²) < 4.78 is 20.7. The molecule has 2 fully saturated rings. The number of ether oxygens (including phenoxy) is 1. The minimum atomic E-state index is -0.233. The molecule has 5 rings (SSSR count). The van der Waals surface area contributed by atoms with Gasteiger partial charge in [-0.25, -0.2) is 13.9 Å². The van der Waals surface area contributed by atoms with Crippen molar-refractivity contribution in [1.82, 2.24) is 24.8 Å². The van der Waals surface area contributed by atoms with Crippen molar-refractivity contribution in [1.29, 1.82) is 0 Å². The first-order valence-electron chi connectivity index (χ1n) is 11.1. The Morgan fingerprint density at radius 2 is 2.06 bits per heavy atom. The largest absolute Gasteiger partial charge is 0.379 e. The summed E-state index contributed by atoms with van der Waals surface area (Å²) in [4.78, 5) is 21.6. The molecular weight excluding hydrogens is 411 g/mol. The first-order chi connectivity index (χ1) is 15.7. The van der Waals surface area contributed by atoms with Crippen LogP contribution in [0.5, 0.6) is 0 Å². The van der Waals surface area contributed by atoms with E-state index in [2.05, 4.69) is 20.1 Å². The Labute approximate surface area is 186 Å². The molecule has 9 heteroatoms. The summed E-state index contributed by atoms with van der Waals surface area (Å²) in [7, 11) is 0. The number of rotatable bonds is 6. The number of fused-ring (bicyclic) bond motifs is 1. The molecule has 1 amide bonds. The van der Waals surface area contributed by atoms with Crippen LogP contribution >= 0.6 is 0 Å². The zero-order chi connectivity index (χ0) is 21.9. The van der Waals surface area contributed by atoms with Crippen LogP contribution in [0.2, 0.25) is 0 Å². The minimum Gasteiger partial charge on any atom is -0.379 e. The standard InChI is InChI=1S/C23H27FN6O2/c24-18-4-1-3-17(15-18)19-5-2-9-29(19)22-7-6-21-26-16-20(30(21)27-22)23(31)25-8-10-28-11-13-32-14-12-28/h1,3-4,6-7,15-16,19H,2,5,8-14H2,(H,25,31)/t19-/m1/s1. The summed E-state index contributed by atoms with van der Waals surface area (Å²) in [5.74, 6) is 0.326. The van der Waals surface area contributed by atoms with Gasteiger partial charge in [-0.1, -0.05) is 12.1 Å². The number of halogens is 1. The molecule has 0 radical (unpaired) electrons. The molecular formula is C23H27FN6O2. The van der Waals surface area contributed by atoms with E-state index < -0.39 is 0 Å². The second-order valence-corrected chi connectivity index (χ2v) is 8.22. The number of carbonyl (C=O) groups excluding carboxylic acids is 1. The normalized spacial score (nSPS) is 19.5. The van der Waals surface area contributed by atoms with Gasteiger partial charge >= 0.3 is 0 Å². The third-order valence-electron chi connectivity index (χ3n) is 6.18. The predicted molar refractivity (Wildman–Crippen MR) is 118 cm³/mol. The van der Waals surface area contributed by atoms with E-state index in [0.29, 0.717) is 17.9 Å². The number of imidazole rings is 1. The van der Waals surface area contributed by atoms with Crippen LogP contribution in [0, 0.1) is 5.82 Å². The van der Waals surface area contributed by atoms with Crippen molar-refractivity contribution in [2.75, 3.05) is 50.8 Å². The van der Waals surface area contributed by atoms with Crippen LogP contribution in [0.4, 0.5) is 10.2 Å². The third-order valence-corrected chi connectivity index (χ3v) is 6.18. The summed E-state index contributed by atoms with van der Waals surface area (Å²) in [5.41, 5.74) is 1.97. The topological polar surface area (TPSA) is 75.0 Å². The Kier molecular flexibility index (Phi) is 6.00. The molecule has 0 spiro atoms. The second-order valence-electron chi connectivity index (χ2n) is 8.22. The van der Waals surface area contributed by atoms with Crippen molar-refractivity contribution in [3.05, 3.63) is 59.7 Å². The first-order valence-corrected chi connectivity index (χ1v) is 11.1. The van der Waals surface area contributed by atoms with E-state index in [0.717, 1.165) is 63.6 Å². The number of benzene rings is 1. The predicted octanol–water partition coefficient (Wildman–Crippen LogP) is 2.27. The summed E-state index contributed by atoms with van der Waals surface area (Å²) in [6.45, 7) is 5.42. The Balaban J connectivity index is 1.32. The number of aromatic nitrogens is 3. The minimum absolute atomic E-state index is 0.0602. The van der Waals surface area contributed by atoms with Gasteiger partial charge in [0.15, 0.2) is 11.3 Å². The van der Waals surface area contributed by atoms with Crippen LogP contribution in [0.1, 0.15) is 34.9 Å². The fourth-order valence-corrected chi connectivity index (χ4v) is 4.52. The van der Waals surface area contributed by atoms with Crippen LogP contribution in [-0.4, -0.2) is 71.3 Å². The highest BCUT2D eigenvalue weighted by Crippen LogP contribution is 2.35. The van der Waals surface area contributed by atoms with Crippen molar-refractivity contribution in [3.8, 4) is 0 Å². The molecule has 3 aromatic rings. The molecule has 0 saturated carbocycles. The van der Waals surface area contributed by atoms with Crippen molar-refractivity contribution in [2.45, 2.75) is 18.9 Å². The number of morpholine rings is 1. The molecule has 2 saturated heterocycles.